The van der Waals surface area contributed by atoms with Crippen LogP contribution >= 0.6 is 0 Å². The summed E-state index contributed by atoms with van der Waals surface area (Å²) in [6, 6.07) is 0. The average Bonchev–Trinajstić information content (AvgIpc) is 3.06. The van der Waals surface area contributed by atoms with Gasteiger partial charge in [0.15, 0.2) is 0 Å². The van der Waals surface area contributed by atoms with Gasteiger partial charge < -0.3 is 14.6 Å². The van der Waals surface area contributed by atoms with Crippen LogP contribution in [0.4, 0.5) is 0 Å². The van der Waals surface area contributed by atoms with Crippen molar-refractivity contribution in [2.75, 3.05) is 0 Å². The SMILES string of the molecule is C=CCC/C=C\C12C=CC3(O)OC3C1O2. The second kappa shape index (κ2) is 2.82. The van der Waals surface area contributed by atoms with Crippen LogP contribution in [0.2, 0.25) is 0 Å². The largest absolute Gasteiger partial charge is 0.360 e. The topological polar surface area (TPSA) is 45.3 Å². The van der Waals surface area contributed by atoms with Gasteiger partial charge >= 0.3 is 0 Å². The van der Waals surface area contributed by atoms with Crippen molar-refractivity contribution in [2.45, 2.75) is 36.4 Å². The van der Waals surface area contributed by atoms with Crippen molar-refractivity contribution in [1.29, 1.82) is 0 Å². The van der Waals surface area contributed by atoms with Crippen LogP contribution in [0.15, 0.2) is 37.0 Å². The van der Waals surface area contributed by atoms with E-state index in [9.17, 15) is 5.11 Å². The van der Waals surface area contributed by atoms with Gasteiger partial charge in [-0.2, -0.15) is 0 Å². The van der Waals surface area contributed by atoms with Gasteiger partial charge in [0, 0.05) is 0 Å². The summed E-state index contributed by atoms with van der Waals surface area (Å²) in [4.78, 5) is 0. The van der Waals surface area contributed by atoms with Crippen LogP contribution in [0.5, 0.6) is 0 Å². The van der Waals surface area contributed by atoms with Crippen LogP contribution in [-0.4, -0.2) is 28.7 Å². The van der Waals surface area contributed by atoms with E-state index in [0.29, 0.717) is 0 Å². The average molecular weight is 206 g/mol. The minimum Gasteiger partial charge on any atom is -0.360 e. The number of unbranched alkanes of at least 4 members (excludes halogenated alkanes) is 1. The van der Waals surface area contributed by atoms with Crippen LogP contribution in [0.1, 0.15) is 12.8 Å². The molecule has 0 aromatic rings. The number of allylic oxidation sites excluding steroid dienone is 2. The Balaban J connectivity index is 1.67. The van der Waals surface area contributed by atoms with E-state index in [4.69, 9.17) is 9.47 Å². The van der Waals surface area contributed by atoms with E-state index in [0.717, 1.165) is 12.8 Å². The Morgan fingerprint density at radius 1 is 1.27 bits per heavy atom. The third kappa shape index (κ3) is 1.31. The number of aliphatic hydroxyl groups is 1. The van der Waals surface area contributed by atoms with Crippen molar-refractivity contribution in [3.05, 3.63) is 37.0 Å². The predicted octanol–water partition coefficient (Wildman–Crippen LogP) is 1.30. The normalized spacial score (nSPS) is 49.9. The van der Waals surface area contributed by atoms with Crippen molar-refractivity contribution in [3.8, 4) is 0 Å². The van der Waals surface area contributed by atoms with Crippen LogP contribution in [0.25, 0.3) is 0 Å². The first-order valence-corrected chi connectivity index (χ1v) is 5.27. The molecule has 1 N–H and O–H groups in total. The first-order chi connectivity index (χ1) is 7.20. The van der Waals surface area contributed by atoms with E-state index < -0.39 is 5.79 Å². The maximum absolute atomic E-state index is 9.64. The van der Waals surface area contributed by atoms with E-state index >= 15 is 0 Å². The lowest BCUT2D eigenvalue weighted by atomic mass is 9.93. The van der Waals surface area contributed by atoms with Crippen LogP contribution in [0, 0.1) is 0 Å². The Bertz CT molecular complexity index is 360. The molecule has 4 unspecified atom stereocenters. The van der Waals surface area contributed by atoms with Gasteiger partial charge in [-0.3, -0.25) is 0 Å². The molecular weight excluding hydrogens is 192 g/mol. The molecule has 1 aliphatic carbocycles. The quantitative estimate of drug-likeness (QED) is 0.428. The summed E-state index contributed by atoms with van der Waals surface area (Å²) in [5.41, 5.74) is -0.297. The Kier molecular flexibility index (Phi) is 1.75. The van der Waals surface area contributed by atoms with E-state index in [2.05, 4.69) is 18.7 Å². The molecule has 3 aliphatic rings. The monoisotopic (exact) mass is 206 g/mol. The molecule has 0 aromatic heterocycles. The third-order valence-corrected chi connectivity index (χ3v) is 3.16. The van der Waals surface area contributed by atoms with Crippen LogP contribution in [-0.2, 0) is 9.47 Å². The third-order valence-electron chi connectivity index (χ3n) is 3.16. The highest BCUT2D eigenvalue weighted by atomic mass is 16.8. The summed E-state index contributed by atoms with van der Waals surface area (Å²) in [7, 11) is 0. The molecule has 4 atom stereocenters. The minimum absolute atomic E-state index is 0.00693. The number of rotatable bonds is 4. The molecule has 3 nitrogen and oxygen atoms in total. The van der Waals surface area contributed by atoms with Gasteiger partial charge in [0.05, 0.1) is 0 Å². The molecule has 3 rings (SSSR count). The summed E-state index contributed by atoms with van der Waals surface area (Å²) in [5, 5.41) is 9.64. The molecule has 0 amide bonds. The summed E-state index contributed by atoms with van der Waals surface area (Å²) in [6.07, 6.45) is 11.4. The highest BCUT2D eigenvalue weighted by molar-refractivity contribution is 5.39. The van der Waals surface area contributed by atoms with E-state index in [-0.39, 0.29) is 17.8 Å². The molecule has 0 saturated carbocycles. The molecule has 15 heavy (non-hydrogen) atoms. The maximum atomic E-state index is 9.64. The van der Waals surface area contributed by atoms with Crippen LogP contribution in [0.3, 0.4) is 0 Å². The Hall–Kier alpha value is -0.900. The summed E-state index contributed by atoms with van der Waals surface area (Å²) in [6.45, 7) is 3.67. The molecule has 0 bridgehead atoms. The first kappa shape index (κ1) is 9.33. The lowest BCUT2D eigenvalue weighted by Gasteiger charge is -2.06. The Labute approximate surface area is 88.7 Å². The van der Waals surface area contributed by atoms with Crippen molar-refractivity contribution < 1.29 is 14.6 Å². The van der Waals surface area contributed by atoms with Crippen molar-refractivity contribution in [3.63, 3.8) is 0 Å². The molecule has 0 radical (unpaired) electrons. The van der Waals surface area contributed by atoms with Crippen molar-refractivity contribution in [1.82, 2.24) is 0 Å². The molecule has 80 valence electrons. The van der Waals surface area contributed by atoms with Crippen molar-refractivity contribution in [2.24, 2.45) is 0 Å². The summed E-state index contributed by atoms with van der Waals surface area (Å²) >= 11 is 0. The van der Waals surface area contributed by atoms with Gasteiger partial charge in [-0.05, 0) is 25.0 Å². The lowest BCUT2D eigenvalue weighted by molar-refractivity contribution is 0.0819. The predicted molar refractivity (Wildman–Crippen MR) is 55.1 cm³/mol. The standard InChI is InChI=1S/C12H14O3/c1-2-3-4-5-6-11-7-8-12(13)10(15-12)9(11)14-11/h2,5-10,13H,1,3-4H2/b6-5-. The number of fused-ring (bicyclic) bond motifs is 3. The second-order valence-electron chi connectivity index (χ2n) is 4.28. The molecule has 2 fully saturated rings. The second-order valence-corrected chi connectivity index (χ2v) is 4.28. The number of ether oxygens (including phenoxy) is 2. The zero-order valence-corrected chi connectivity index (χ0v) is 8.43. The lowest BCUT2D eigenvalue weighted by Crippen LogP contribution is -2.25. The molecule has 2 aliphatic heterocycles. The Morgan fingerprint density at radius 2 is 2.13 bits per heavy atom. The van der Waals surface area contributed by atoms with Crippen LogP contribution < -0.4 is 0 Å². The Morgan fingerprint density at radius 3 is 2.93 bits per heavy atom. The number of hydrogen-bond acceptors (Lipinski definition) is 3. The first-order valence-electron chi connectivity index (χ1n) is 5.27. The van der Waals surface area contributed by atoms with Gasteiger partial charge in [-0.1, -0.05) is 18.2 Å². The highest BCUT2D eigenvalue weighted by Crippen LogP contribution is 2.56. The van der Waals surface area contributed by atoms with Gasteiger partial charge in [-0.15, -0.1) is 6.58 Å². The molecular formula is C12H14O3. The summed E-state index contributed by atoms with van der Waals surface area (Å²) < 4.78 is 10.7. The fourth-order valence-electron chi connectivity index (χ4n) is 2.12. The van der Waals surface area contributed by atoms with Gasteiger partial charge in [0.25, 0.3) is 0 Å². The molecule has 0 spiro atoms. The molecule has 3 heteroatoms. The van der Waals surface area contributed by atoms with Gasteiger partial charge in [0.2, 0.25) is 5.79 Å². The van der Waals surface area contributed by atoms with E-state index in [1.54, 1.807) is 6.08 Å². The molecule has 0 aromatic carbocycles. The maximum Gasteiger partial charge on any atom is 0.216 e. The number of epoxide rings is 2. The minimum atomic E-state index is -1.03. The molecule has 2 saturated heterocycles. The van der Waals surface area contributed by atoms with E-state index in [1.807, 2.05) is 12.2 Å². The van der Waals surface area contributed by atoms with Crippen molar-refractivity contribution >= 4 is 0 Å². The van der Waals surface area contributed by atoms with Gasteiger partial charge in [0.1, 0.15) is 17.8 Å². The molecule has 2 heterocycles. The highest BCUT2D eigenvalue weighted by Gasteiger charge is 2.74. The number of hydrogen-bond donors (Lipinski definition) is 1. The zero-order valence-electron chi connectivity index (χ0n) is 8.43. The fourth-order valence-corrected chi connectivity index (χ4v) is 2.12. The van der Waals surface area contributed by atoms with Gasteiger partial charge in [-0.25, -0.2) is 0 Å². The summed E-state index contributed by atoms with van der Waals surface area (Å²) in [5.74, 6) is -1.03. The fraction of sp³-hybridized carbons (Fsp3) is 0.500. The van der Waals surface area contributed by atoms with E-state index in [1.165, 1.54) is 0 Å². The smallest absolute Gasteiger partial charge is 0.216 e. The zero-order chi connectivity index (χ0) is 10.5.